The van der Waals surface area contributed by atoms with Crippen molar-refractivity contribution >= 4 is 23.2 Å². The lowest BCUT2D eigenvalue weighted by Gasteiger charge is -2.25. The molecule has 0 radical (unpaired) electrons. The number of nitrogens with two attached hydrogens (primary N) is 1. The van der Waals surface area contributed by atoms with E-state index in [0.29, 0.717) is 11.4 Å². The van der Waals surface area contributed by atoms with E-state index in [-0.39, 0.29) is 23.1 Å². The largest absolute Gasteiger partial charge is 0.326 e. The number of hydrogen-bond acceptors (Lipinski definition) is 3. The molecule has 2 amide bonds. The minimum Gasteiger partial charge on any atom is -0.326 e. The standard InChI is InChI=1S/C16H25N3O2/c1-10(2)14(20)18-11-6-8-12(9-7-11)19-15(21)13(17)16(3,4)5/h6-10,13H,17H2,1-5H3,(H,18,20)(H,19,21). The zero-order valence-corrected chi connectivity index (χ0v) is 13.4. The molecule has 0 bridgehead atoms. The van der Waals surface area contributed by atoms with Gasteiger partial charge in [0, 0.05) is 17.3 Å². The number of anilines is 2. The minimum absolute atomic E-state index is 0.0402. The summed E-state index contributed by atoms with van der Waals surface area (Å²) in [5.74, 6) is -0.336. The van der Waals surface area contributed by atoms with Gasteiger partial charge in [-0.2, -0.15) is 0 Å². The van der Waals surface area contributed by atoms with E-state index in [2.05, 4.69) is 10.6 Å². The number of carbonyl (C=O) groups excluding carboxylic acids is 2. The third-order valence-corrected chi connectivity index (χ3v) is 3.16. The summed E-state index contributed by atoms with van der Waals surface area (Å²) in [6.45, 7) is 9.42. The third-order valence-electron chi connectivity index (χ3n) is 3.16. The highest BCUT2D eigenvalue weighted by molar-refractivity contribution is 5.96. The first-order valence-corrected chi connectivity index (χ1v) is 7.08. The average Bonchev–Trinajstić information content (AvgIpc) is 2.38. The first-order valence-electron chi connectivity index (χ1n) is 7.08. The van der Waals surface area contributed by atoms with Crippen LogP contribution in [0, 0.1) is 11.3 Å². The van der Waals surface area contributed by atoms with Gasteiger partial charge < -0.3 is 16.4 Å². The second kappa shape index (κ2) is 6.72. The fourth-order valence-electron chi connectivity index (χ4n) is 1.54. The van der Waals surface area contributed by atoms with Crippen LogP contribution in [0.1, 0.15) is 34.6 Å². The van der Waals surface area contributed by atoms with Crippen molar-refractivity contribution in [2.45, 2.75) is 40.7 Å². The highest BCUT2D eigenvalue weighted by atomic mass is 16.2. The van der Waals surface area contributed by atoms with Crippen LogP contribution in [0.15, 0.2) is 24.3 Å². The number of amides is 2. The van der Waals surface area contributed by atoms with E-state index in [4.69, 9.17) is 5.73 Å². The molecule has 4 N–H and O–H groups in total. The number of carbonyl (C=O) groups is 2. The van der Waals surface area contributed by atoms with Crippen molar-refractivity contribution in [3.8, 4) is 0 Å². The molecule has 0 saturated heterocycles. The molecule has 1 unspecified atom stereocenters. The van der Waals surface area contributed by atoms with Gasteiger partial charge in [0.15, 0.2) is 0 Å². The Kier molecular flexibility index (Phi) is 5.49. The molecule has 0 aromatic heterocycles. The van der Waals surface area contributed by atoms with Crippen LogP contribution in [0.25, 0.3) is 0 Å². The zero-order valence-electron chi connectivity index (χ0n) is 13.4. The average molecular weight is 291 g/mol. The van der Waals surface area contributed by atoms with Crippen LogP contribution in [0.4, 0.5) is 11.4 Å². The molecule has 0 fully saturated rings. The monoisotopic (exact) mass is 291 g/mol. The van der Waals surface area contributed by atoms with Crippen LogP contribution in [-0.4, -0.2) is 17.9 Å². The summed E-state index contributed by atoms with van der Waals surface area (Å²) >= 11 is 0. The van der Waals surface area contributed by atoms with Crippen molar-refractivity contribution in [3.63, 3.8) is 0 Å². The molecule has 1 aromatic rings. The van der Waals surface area contributed by atoms with E-state index in [1.165, 1.54) is 0 Å². The number of benzene rings is 1. The van der Waals surface area contributed by atoms with Crippen LogP contribution >= 0.6 is 0 Å². The smallest absolute Gasteiger partial charge is 0.241 e. The summed E-state index contributed by atoms with van der Waals surface area (Å²) in [6.07, 6.45) is 0. The molecule has 0 spiro atoms. The molecule has 5 nitrogen and oxygen atoms in total. The fourth-order valence-corrected chi connectivity index (χ4v) is 1.54. The van der Waals surface area contributed by atoms with E-state index < -0.39 is 6.04 Å². The Balaban J connectivity index is 2.67. The molecule has 5 heteroatoms. The Hall–Kier alpha value is -1.88. The summed E-state index contributed by atoms with van der Waals surface area (Å²) in [6, 6.07) is 6.39. The minimum atomic E-state index is -0.585. The molecule has 0 aliphatic rings. The van der Waals surface area contributed by atoms with Crippen LogP contribution in [-0.2, 0) is 9.59 Å². The van der Waals surface area contributed by atoms with E-state index in [0.717, 1.165) is 0 Å². The highest BCUT2D eigenvalue weighted by Gasteiger charge is 2.27. The molecule has 116 valence electrons. The summed E-state index contributed by atoms with van der Waals surface area (Å²) < 4.78 is 0. The predicted octanol–water partition coefficient (Wildman–Crippen LogP) is 2.59. The topological polar surface area (TPSA) is 84.2 Å². The van der Waals surface area contributed by atoms with Crippen molar-refractivity contribution in [2.24, 2.45) is 17.1 Å². The van der Waals surface area contributed by atoms with Crippen molar-refractivity contribution < 1.29 is 9.59 Å². The van der Waals surface area contributed by atoms with Gasteiger partial charge in [-0.15, -0.1) is 0 Å². The number of hydrogen-bond donors (Lipinski definition) is 3. The van der Waals surface area contributed by atoms with Gasteiger partial charge in [0.2, 0.25) is 11.8 Å². The molecule has 1 rings (SSSR count). The second-order valence-corrected chi connectivity index (χ2v) is 6.55. The summed E-state index contributed by atoms with van der Waals surface area (Å²) in [5, 5.41) is 5.57. The molecule has 1 atom stereocenters. The van der Waals surface area contributed by atoms with Crippen LogP contribution in [0.5, 0.6) is 0 Å². The Morgan fingerprint density at radius 3 is 1.67 bits per heavy atom. The highest BCUT2D eigenvalue weighted by Crippen LogP contribution is 2.20. The first-order chi connectivity index (χ1) is 9.61. The normalized spacial score (nSPS) is 12.9. The van der Waals surface area contributed by atoms with Gasteiger partial charge in [-0.3, -0.25) is 9.59 Å². The molecule has 0 aliphatic carbocycles. The molecule has 1 aromatic carbocycles. The maximum atomic E-state index is 12.0. The van der Waals surface area contributed by atoms with Gasteiger partial charge in [0.1, 0.15) is 0 Å². The summed E-state index contributed by atoms with van der Waals surface area (Å²) in [5.41, 5.74) is 6.96. The van der Waals surface area contributed by atoms with Crippen molar-refractivity contribution in [1.29, 1.82) is 0 Å². The first kappa shape index (κ1) is 17.2. The van der Waals surface area contributed by atoms with Crippen LogP contribution < -0.4 is 16.4 Å². The number of rotatable bonds is 4. The van der Waals surface area contributed by atoms with E-state index in [1.54, 1.807) is 24.3 Å². The molecule has 0 heterocycles. The Labute approximate surface area is 126 Å². The van der Waals surface area contributed by atoms with Crippen molar-refractivity contribution in [3.05, 3.63) is 24.3 Å². The Morgan fingerprint density at radius 2 is 1.33 bits per heavy atom. The van der Waals surface area contributed by atoms with Gasteiger partial charge >= 0.3 is 0 Å². The zero-order chi connectivity index (χ0) is 16.2. The maximum absolute atomic E-state index is 12.0. The summed E-state index contributed by atoms with van der Waals surface area (Å²) in [7, 11) is 0. The summed E-state index contributed by atoms with van der Waals surface area (Å²) in [4.78, 5) is 23.6. The Bertz CT molecular complexity index is 501. The third kappa shape index (κ3) is 5.19. The van der Waals surface area contributed by atoms with Gasteiger partial charge in [0.25, 0.3) is 0 Å². The Morgan fingerprint density at radius 1 is 0.952 bits per heavy atom. The van der Waals surface area contributed by atoms with E-state index in [1.807, 2.05) is 34.6 Å². The molecule has 0 aliphatic heterocycles. The molecule has 0 saturated carbocycles. The second-order valence-electron chi connectivity index (χ2n) is 6.55. The van der Waals surface area contributed by atoms with E-state index in [9.17, 15) is 9.59 Å². The maximum Gasteiger partial charge on any atom is 0.241 e. The molecule has 21 heavy (non-hydrogen) atoms. The number of nitrogens with one attached hydrogen (secondary N) is 2. The van der Waals surface area contributed by atoms with E-state index >= 15 is 0 Å². The molecular formula is C16H25N3O2. The van der Waals surface area contributed by atoms with Gasteiger partial charge in [-0.05, 0) is 29.7 Å². The fraction of sp³-hybridized carbons (Fsp3) is 0.500. The predicted molar refractivity (Wildman–Crippen MR) is 86.0 cm³/mol. The van der Waals surface area contributed by atoms with Gasteiger partial charge in [0.05, 0.1) is 6.04 Å². The lowest BCUT2D eigenvalue weighted by atomic mass is 9.87. The molecular weight excluding hydrogens is 266 g/mol. The van der Waals surface area contributed by atoms with Crippen molar-refractivity contribution in [1.82, 2.24) is 0 Å². The van der Waals surface area contributed by atoms with Gasteiger partial charge in [-0.1, -0.05) is 34.6 Å². The quantitative estimate of drug-likeness (QED) is 0.797. The lowest BCUT2D eigenvalue weighted by Crippen LogP contribution is -2.45. The van der Waals surface area contributed by atoms with Crippen molar-refractivity contribution in [2.75, 3.05) is 10.6 Å². The van der Waals surface area contributed by atoms with Crippen LogP contribution in [0.2, 0.25) is 0 Å². The SMILES string of the molecule is CC(C)C(=O)Nc1ccc(NC(=O)C(N)C(C)(C)C)cc1. The van der Waals surface area contributed by atoms with Crippen LogP contribution in [0.3, 0.4) is 0 Å². The lowest BCUT2D eigenvalue weighted by molar-refractivity contribution is -0.120. The van der Waals surface area contributed by atoms with Gasteiger partial charge in [-0.25, -0.2) is 0 Å².